The Labute approximate surface area is 174 Å². The zero-order valence-electron chi connectivity index (χ0n) is 19.4. The third-order valence-corrected chi connectivity index (χ3v) is 7.84. The Morgan fingerprint density at radius 3 is 1.26 bits per heavy atom. The van der Waals surface area contributed by atoms with Gasteiger partial charge in [-0.25, -0.2) is 0 Å². The zero-order valence-corrected chi connectivity index (χ0v) is 20.6. The molecule has 0 aliphatic carbocycles. The van der Waals surface area contributed by atoms with Crippen LogP contribution < -0.4 is 0 Å². The molecule has 0 aromatic rings. The van der Waals surface area contributed by atoms with Crippen LogP contribution in [-0.4, -0.2) is 22.5 Å². The topological polar surface area (TPSA) is 18.5 Å². The largest absolute Gasteiger partial charge is 0.396 e. The van der Waals surface area contributed by atoms with Gasteiger partial charge in [0.1, 0.15) is 0 Å². The lowest BCUT2D eigenvalue weighted by atomic mass is 10.0. The van der Waals surface area contributed by atoms with E-state index in [1.807, 2.05) is 0 Å². The van der Waals surface area contributed by atoms with E-state index in [1.165, 1.54) is 96.3 Å². The molecule has 0 amide bonds. The van der Waals surface area contributed by atoms with Crippen molar-refractivity contribution in [2.75, 3.05) is 13.2 Å². The van der Waals surface area contributed by atoms with E-state index in [0.717, 1.165) is 26.1 Å². The minimum absolute atomic E-state index is 0.653. The van der Waals surface area contributed by atoms with Gasteiger partial charge in [0.15, 0.2) is 0 Å². The molecule has 2 nitrogen and oxygen atoms in total. The summed E-state index contributed by atoms with van der Waals surface area (Å²) in [7, 11) is -1.45. The Morgan fingerprint density at radius 2 is 0.889 bits per heavy atom. The first-order chi connectivity index (χ1) is 13.3. The highest BCUT2D eigenvalue weighted by Gasteiger charge is 2.21. The first-order valence-electron chi connectivity index (χ1n) is 12.5. The van der Waals surface area contributed by atoms with Crippen LogP contribution in [0.1, 0.15) is 137 Å². The Balaban J connectivity index is 3.43. The molecule has 0 bridgehead atoms. The summed E-state index contributed by atoms with van der Waals surface area (Å²) in [4.78, 5) is 0. The van der Waals surface area contributed by atoms with Crippen molar-refractivity contribution in [3.8, 4) is 0 Å². The van der Waals surface area contributed by atoms with Crippen molar-refractivity contribution in [3.05, 3.63) is 0 Å². The third-order valence-electron chi connectivity index (χ3n) is 5.45. The summed E-state index contributed by atoms with van der Waals surface area (Å²) >= 11 is 0. The van der Waals surface area contributed by atoms with Gasteiger partial charge in [0.25, 0.3) is 0 Å². The second-order valence-electron chi connectivity index (χ2n) is 8.47. The Kier molecular flexibility index (Phi) is 22.5. The highest BCUT2D eigenvalue weighted by molar-refractivity contribution is 6.46. The molecule has 0 heterocycles. The van der Waals surface area contributed by atoms with Crippen molar-refractivity contribution in [2.45, 2.75) is 142 Å². The smallest absolute Gasteiger partial charge is 0.324 e. The van der Waals surface area contributed by atoms with Gasteiger partial charge in [0, 0.05) is 13.2 Å². The van der Waals surface area contributed by atoms with Gasteiger partial charge >= 0.3 is 9.28 Å². The average molecular weight is 401 g/mol. The van der Waals surface area contributed by atoms with E-state index < -0.39 is 9.28 Å². The molecule has 0 aliphatic rings. The van der Waals surface area contributed by atoms with Gasteiger partial charge in [0.05, 0.1) is 0 Å². The lowest BCUT2D eigenvalue weighted by Gasteiger charge is -2.22. The van der Waals surface area contributed by atoms with E-state index in [9.17, 15) is 0 Å². The van der Waals surface area contributed by atoms with Crippen LogP contribution in [-0.2, 0) is 8.85 Å². The summed E-state index contributed by atoms with van der Waals surface area (Å²) in [5, 5.41) is 0. The molecule has 1 atom stereocenters. The second kappa shape index (κ2) is 22.4. The maximum atomic E-state index is 6.04. The molecule has 0 aliphatic heterocycles. The lowest BCUT2D eigenvalue weighted by Crippen LogP contribution is -2.28. The van der Waals surface area contributed by atoms with Crippen LogP contribution in [0, 0.1) is 0 Å². The maximum absolute atomic E-state index is 6.04. The fourth-order valence-corrected chi connectivity index (χ4v) is 5.84. The number of rotatable bonds is 22. The molecule has 0 fully saturated rings. The summed E-state index contributed by atoms with van der Waals surface area (Å²) in [5.41, 5.74) is 0.653. The zero-order chi connectivity index (χ0) is 20.0. The highest BCUT2D eigenvalue weighted by Crippen LogP contribution is 2.21. The van der Waals surface area contributed by atoms with Crippen LogP contribution in [0.3, 0.4) is 0 Å². The SMILES string of the molecule is CCCCCCCCCCCCCCCCC(C)[SiH](OCCC)OCCC. The Bertz CT molecular complexity index is 265. The fraction of sp³-hybridized carbons (Fsp3) is 1.00. The molecule has 0 rings (SSSR count). The predicted molar refractivity (Wildman–Crippen MR) is 124 cm³/mol. The molecule has 164 valence electrons. The lowest BCUT2D eigenvalue weighted by molar-refractivity contribution is 0.187. The molecule has 3 heteroatoms. The van der Waals surface area contributed by atoms with Crippen molar-refractivity contribution < 1.29 is 8.85 Å². The van der Waals surface area contributed by atoms with Gasteiger partial charge in [-0.3, -0.25) is 0 Å². The van der Waals surface area contributed by atoms with E-state index >= 15 is 0 Å². The molecule has 27 heavy (non-hydrogen) atoms. The van der Waals surface area contributed by atoms with Crippen molar-refractivity contribution in [3.63, 3.8) is 0 Å². The highest BCUT2D eigenvalue weighted by atomic mass is 28.3. The molecular weight excluding hydrogens is 348 g/mol. The monoisotopic (exact) mass is 400 g/mol. The Morgan fingerprint density at radius 1 is 0.519 bits per heavy atom. The minimum Gasteiger partial charge on any atom is -0.396 e. The maximum Gasteiger partial charge on any atom is 0.324 e. The molecule has 0 aromatic carbocycles. The summed E-state index contributed by atoms with van der Waals surface area (Å²) < 4.78 is 12.1. The van der Waals surface area contributed by atoms with Crippen LogP contribution in [0.2, 0.25) is 5.54 Å². The molecule has 0 N–H and O–H groups in total. The van der Waals surface area contributed by atoms with Crippen molar-refractivity contribution in [2.24, 2.45) is 0 Å². The number of unbranched alkanes of at least 4 members (excludes halogenated alkanes) is 13. The summed E-state index contributed by atoms with van der Waals surface area (Å²) in [6, 6.07) is 0. The summed E-state index contributed by atoms with van der Waals surface area (Å²) in [5.74, 6) is 0. The molecule has 0 spiro atoms. The number of hydrogen-bond donors (Lipinski definition) is 0. The van der Waals surface area contributed by atoms with E-state index in [1.54, 1.807) is 0 Å². The van der Waals surface area contributed by atoms with Crippen molar-refractivity contribution >= 4 is 9.28 Å². The molecule has 0 aromatic heterocycles. The average Bonchev–Trinajstić information content (AvgIpc) is 2.68. The van der Waals surface area contributed by atoms with Gasteiger partial charge in [-0.15, -0.1) is 0 Å². The first kappa shape index (κ1) is 27.1. The normalized spacial score (nSPS) is 12.8. The quantitative estimate of drug-likeness (QED) is 0.134. The molecular formula is C24H52O2Si. The van der Waals surface area contributed by atoms with E-state index in [-0.39, 0.29) is 0 Å². The minimum atomic E-state index is -1.45. The van der Waals surface area contributed by atoms with Crippen molar-refractivity contribution in [1.82, 2.24) is 0 Å². The van der Waals surface area contributed by atoms with Crippen LogP contribution in [0.4, 0.5) is 0 Å². The van der Waals surface area contributed by atoms with Gasteiger partial charge in [-0.1, -0.05) is 118 Å². The van der Waals surface area contributed by atoms with Crippen LogP contribution in [0.15, 0.2) is 0 Å². The van der Waals surface area contributed by atoms with Gasteiger partial charge in [-0.05, 0) is 24.8 Å². The van der Waals surface area contributed by atoms with Gasteiger partial charge in [0.2, 0.25) is 0 Å². The molecule has 0 saturated carbocycles. The molecule has 0 saturated heterocycles. The Hall–Kier alpha value is 0.137. The van der Waals surface area contributed by atoms with Gasteiger partial charge in [-0.2, -0.15) is 0 Å². The van der Waals surface area contributed by atoms with Crippen molar-refractivity contribution in [1.29, 1.82) is 0 Å². The van der Waals surface area contributed by atoms with Crippen LogP contribution in [0.5, 0.6) is 0 Å². The fourth-order valence-electron chi connectivity index (χ4n) is 3.64. The summed E-state index contributed by atoms with van der Waals surface area (Å²) in [6.45, 7) is 10.8. The van der Waals surface area contributed by atoms with Crippen LogP contribution in [0.25, 0.3) is 0 Å². The van der Waals surface area contributed by atoms with E-state index in [0.29, 0.717) is 5.54 Å². The predicted octanol–water partition coefficient (Wildman–Crippen LogP) is 8.32. The third kappa shape index (κ3) is 19.2. The summed E-state index contributed by atoms with van der Waals surface area (Å²) in [6.07, 6.45) is 23.6. The molecule has 0 radical (unpaired) electrons. The second-order valence-corrected chi connectivity index (χ2v) is 11.0. The van der Waals surface area contributed by atoms with Crippen LogP contribution >= 0.6 is 0 Å². The van der Waals surface area contributed by atoms with E-state index in [2.05, 4.69) is 27.7 Å². The van der Waals surface area contributed by atoms with E-state index in [4.69, 9.17) is 8.85 Å². The number of hydrogen-bond acceptors (Lipinski definition) is 2. The molecule has 1 unspecified atom stereocenters. The first-order valence-corrected chi connectivity index (χ1v) is 14.1. The van der Waals surface area contributed by atoms with Gasteiger partial charge < -0.3 is 8.85 Å². The standard InChI is InChI=1S/C24H52O2Si/c1-5-8-9-10-11-12-13-14-15-16-17-18-19-20-21-24(4)27(25-22-6-2)26-23-7-3/h24,27H,5-23H2,1-4H3.